The van der Waals surface area contributed by atoms with Crippen molar-refractivity contribution < 1.29 is 0 Å². The van der Waals surface area contributed by atoms with Crippen molar-refractivity contribution in [3.63, 3.8) is 0 Å². The van der Waals surface area contributed by atoms with Gasteiger partial charge in [0.25, 0.3) is 0 Å². The van der Waals surface area contributed by atoms with Crippen molar-refractivity contribution in [2.75, 3.05) is 0 Å². The predicted octanol–water partition coefficient (Wildman–Crippen LogP) is 3.88. The van der Waals surface area contributed by atoms with Crippen molar-refractivity contribution in [3.05, 3.63) is 59.1 Å². The molecule has 0 unspecified atom stereocenters. The summed E-state index contributed by atoms with van der Waals surface area (Å²) in [4.78, 5) is 0. The Labute approximate surface area is 93.5 Å². The molecule has 0 spiro atoms. The van der Waals surface area contributed by atoms with Gasteiger partial charge in [0.1, 0.15) is 0 Å². The smallest absolute Gasteiger partial charge is 0.0991 e. The van der Waals surface area contributed by atoms with E-state index < -0.39 is 0 Å². The number of rotatable bonds is 1. The molecule has 72 valence electrons. The van der Waals surface area contributed by atoms with Crippen molar-refractivity contribution in [1.29, 1.82) is 5.26 Å². The fourth-order valence-electron chi connectivity index (χ4n) is 1.41. The van der Waals surface area contributed by atoms with E-state index in [1.807, 2.05) is 36.4 Å². The van der Waals surface area contributed by atoms with E-state index in [1.54, 1.807) is 12.1 Å². The van der Waals surface area contributed by atoms with Gasteiger partial charge in [0.15, 0.2) is 0 Å². The normalized spacial score (nSPS) is 9.60. The highest BCUT2D eigenvalue weighted by Crippen LogP contribution is 2.22. The number of hydrogen-bond donors (Lipinski definition) is 0. The molecule has 15 heavy (non-hydrogen) atoms. The molecule has 0 aliphatic rings. The van der Waals surface area contributed by atoms with Gasteiger partial charge in [-0.25, -0.2) is 0 Å². The summed E-state index contributed by atoms with van der Waals surface area (Å²) in [6.07, 6.45) is 0. The molecule has 1 nitrogen and oxygen atoms in total. The first-order valence-electron chi connectivity index (χ1n) is 4.56. The van der Waals surface area contributed by atoms with Crippen molar-refractivity contribution in [1.82, 2.24) is 0 Å². The van der Waals surface area contributed by atoms with Gasteiger partial charge in [-0.2, -0.15) is 5.26 Å². The molecular formula is C13H8ClN. The Hall–Kier alpha value is -1.78. The lowest BCUT2D eigenvalue weighted by molar-refractivity contribution is 1.48. The Kier molecular flexibility index (Phi) is 2.71. The van der Waals surface area contributed by atoms with Gasteiger partial charge < -0.3 is 0 Å². The Balaban J connectivity index is 2.42. The third-order valence-electron chi connectivity index (χ3n) is 2.17. The fraction of sp³-hybridized carbons (Fsp3) is 0. The second-order valence-corrected chi connectivity index (χ2v) is 3.64. The molecule has 0 aliphatic carbocycles. The van der Waals surface area contributed by atoms with Crippen molar-refractivity contribution in [3.8, 4) is 17.2 Å². The van der Waals surface area contributed by atoms with Crippen LogP contribution in [0.2, 0.25) is 5.02 Å². The van der Waals surface area contributed by atoms with Crippen LogP contribution in [0.25, 0.3) is 11.1 Å². The number of nitriles is 1. The Bertz CT molecular complexity index is 509. The van der Waals surface area contributed by atoms with Crippen LogP contribution in [0.3, 0.4) is 0 Å². The van der Waals surface area contributed by atoms with Gasteiger partial charge >= 0.3 is 0 Å². The maximum atomic E-state index is 8.67. The largest absolute Gasteiger partial charge is 0.192 e. The molecule has 2 heteroatoms. The molecule has 0 atom stereocenters. The van der Waals surface area contributed by atoms with Gasteiger partial charge in [-0.1, -0.05) is 35.9 Å². The number of halogens is 1. The van der Waals surface area contributed by atoms with E-state index in [1.165, 1.54) is 0 Å². The van der Waals surface area contributed by atoms with Gasteiger partial charge in [0.05, 0.1) is 11.6 Å². The van der Waals surface area contributed by atoms with Gasteiger partial charge in [-0.3, -0.25) is 0 Å². The topological polar surface area (TPSA) is 23.8 Å². The molecule has 2 rings (SSSR count). The molecule has 0 aromatic heterocycles. The number of nitrogens with zero attached hydrogens (tertiary/aromatic N) is 1. The van der Waals surface area contributed by atoms with Crippen LogP contribution in [0.5, 0.6) is 0 Å². The van der Waals surface area contributed by atoms with Gasteiger partial charge in [-0.15, -0.1) is 0 Å². The number of hydrogen-bond acceptors (Lipinski definition) is 1. The molecule has 0 N–H and O–H groups in total. The minimum atomic E-state index is 0.667. The standard InChI is InChI=1S/C13H8ClN/c14-13-3-1-2-12(8-13)11-6-4-10(9-15)5-7-11/h1-8H. The van der Waals surface area contributed by atoms with Crippen LogP contribution in [0, 0.1) is 11.3 Å². The summed E-state index contributed by atoms with van der Waals surface area (Å²) < 4.78 is 0. The summed E-state index contributed by atoms with van der Waals surface area (Å²) >= 11 is 5.90. The summed E-state index contributed by atoms with van der Waals surface area (Å²) in [5.74, 6) is 0. The highest BCUT2D eigenvalue weighted by atomic mass is 35.5. The molecule has 0 fully saturated rings. The average Bonchev–Trinajstić information content (AvgIpc) is 2.29. The zero-order chi connectivity index (χ0) is 10.7. The minimum Gasteiger partial charge on any atom is -0.192 e. The van der Waals surface area contributed by atoms with E-state index >= 15 is 0 Å². The maximum Gasteiger partial charge on any atom is 0.0991 e. The Morgan fingerprint density at radius 2 is 1.67 bits per heavy atom. The first kappa shape index (κ1) is 9.76. The van der Waals surface area contributed by atoms with E-state index in [-0.39, 0.29) is 0 Å². The zero-order valence-electron chi connectivity index (χ0n) is 7.94. The Morgan fingerprint density at radius 1 is 0.933 bits per heavy atom. The van der Waals surface area contributed by atoms with Crippen LogP contribution in [0.1, 0.15) is 5.56 Å². The molecular weight excluding hydrogens is 206 g/mol. The minimum absolute atomic E-state index is 0.667. The van der Waals surface area contributed by atoms with Gasteiger partial charge in [-0.05, 0) is 35.4 Å². The van der Waals surface area contributed by atoms with Gasteiger partial charge in [0, 0.05) is 5.02 Å². The lowest BCUT2D eigenvalue weighted by Crippen LogP contribution is -1.78. The summed E-state index contributed by atoms with van der Waals surface area (Å²) in [5.41, 5.74) is 2.80. The molecule has 0 saturated heterocycles. The Morgan fingerprint density at radius 3 is 2.27 bits per heavy atom. The van der Waals surface area contributed by atoms with E-state index in [2.05, 4.69) is 6.07 Å². The number of benzene rings is 2. The van der Waals surface area contributed by atoms with Crippen LogP contribution in [0.15, 0.2) is 48.5 Å². The van der Waals surface area contributed by atoms with Crippen LogP contribution < -0.4 is 0 Å². The van der Waals surface area contributed by atoms with E-state index in [4.69, 9.17) is 16.9 Å². The van der Waals surface area contributed by atoms with E-state index in [0.29, 0.717) is 5.56 Å². The molecule has 2 aromatic carbocycles. The summed E-state index contributed by atoms with van der Waals surface area (Å²) in [5, 5.41) is 9.39. The zero-order valence-corrected chi connectivity index (χ0v) is 8.70. The lowest BCUT2D eigenvalue weighted by atomic mass is 10.0. The second kappa shape index (κ2) is 4.16. The SMILES string of the molecule is N#Cc1ccc(-c2cccc(Cl)c2)cc1. The van der Waals surface area contributed by atoms with E-state index in [9.17, 15) is 0 Å². The molecule has 0 saturated carbocycles. The van der Waals surface area contributed by atoms with Crippen LogP contribution >= 0.6 is 11.6 Å². The third-order valence-corrected chi connectivity index (χ3v) is 2.41. The van der Waals surface area contributed by atoms with Crippen molar-refractivity contribution in [2.24, 2.45) is 0 Å². The molecule has 0 radical (unpaired) electrons. The van der Waals surface area contributed by atoms with Crippen LogP contribution in [0.4, 0.5) is 0 Å². The summed E-state index contributed by atoms with van der Waals surface area (Å²) in [6, 6.07) is 17.2. The van der Waals surface area contributed by atoms with Crippen LogP contribution in [-0.4, -0.2) is 0 Å². The van der Waals surface area contributed by atoms with Crippen LogP contribution in [-0.2, 0) is 0 Å². The summed E-state index contributed by atoms with van der Waals surface area (Å²) in [6.45, 7) is 0. The highest BCUT2D eigenvalue weighted by Gasteiger charge is 1.98. The lowest BCUT2D eigenvalue weighted by Gasteiger charge is -2.01. The summed E-state index contributed by atoms with van der Waals surface area (Å²) in [7, 11) is 0. The highest BCUT2D eigenvalue weighted by molar-refractivity contribution is 6.30. The monoisotopic (exact) mass is 213 g/mol. The first-order chi connectivity index (χ1) is 7.29. The quantitative estimate of drug-likeness (QED) is 0.705. The van der Waals surface area contributed by atoms with Gasteiger partial charge in [0.2, 0.25) is 0 Å². The second-order valence-electron chi connectivity index (χ2n) is 3.20. The van der Waals surface area contributed by atoms with Crippen molar-refractivity contribution >= 4 is 11.6 Å². The predicted molar refractivity (Wildman–Crippen MR) is 61.6 cm³/mol. The molecule has 0 aliphatic heterocycles. The molecule has 0 heterocycles. The maximum absolute atomic E-state index is 8.67. The first-order valence-corrected chi connectivity index (χ1v) is 4.93. The molecule has 0 bridgehead atoms. The fourth-order valence-corrected chi connectivity index (χ4v) is 1.60. The molecule has 0 amide bonds. The molecule has 2 aromatic rings. The van der Waals surface area contributed by atoms with Crippen molar-refractivity contribution in [2.45, 2.75) is 0 Å². The third kappa shape index (κ3) is 2.18. The average molecular weight is 214 g/mol. The van der Waals surface area contributed by atoms with E-state index in [0.717, 1.165) is 16.1 Å².